The van der Waals surface area contributed by atoms with Gasteiger partial charge in [-0.05, 0) is 63.2 Å². The van der Waals surface area contributed by atoms with Crippen LogP contribution in [0.5, 0.6) is 0 Å². The van der Waals surface area contributed by atoms with Crippen LogP contribution in [-0.4, -0.2) is 76.8 Å². The molecule has 0 unspecified atom stereocenters. The summed E-state index contributed by atoms with van der Waals surface area (Å²) in [5.74, 6) is -2.43. The zero-order valence-electron chi connectivity index (χ0n) is 25.3. The van der Waals surface area contributed by atoms with Gasteiger partial charge in [0.2, 0.25) is 10.0 Å². The second kappa shape index (κ2) is 12.2. The van der Waals surface area contributed by atoms with Crippen LogP contribution in [-0.2, 0) is 38.2 Å². The molecule has 11 heteroatoms. The molecule has 0 amide bonds. The molecule has 0 aromatic heterocycles. The molecule has 2 saturated heterocycles. The molecule has 1 aromatic carbocycles. The van der Waals surface area contributed by atoms with Gasteiger partial charge in [-0.1, -0.05) is 51.1 Å². The van der Waals surface area contributed by atoms with Crippen molar-refractivity contribution in [2.75, 3.05) is 32.7 Å². The summed E-state index contributed by atoms with van der Waals surface area (Å²) in [6.07, 6.45) is 2.94. The number of esters is 2. The molecule has 2 heterocycles. The maximum atomic E-state index is 14.2. The molecule has 0 bridgehead atoms. The van der Waals surface area contributed by atoms with Gasteiger partial charge in [-0.3, -0.25) is 0 Å². The highest BCUT2D eigenvalue weighted by molar-refractivity contribution is 7.88. The first-order valence-electron chi connectivity index (χ1n) is 14.3. The molecule has 0 saturated carbocycles. The Morgan fingerprint density at radius 3 is 2.15 bits per heavy atom. The van der Waals surface area contributed by atoms with Gasteiger partial charge < -0.3 is 18.6 Å². The number of rotatable bonds is 11. The van der Waals surface area contributed by atoms with E-state index in [2.05, 4.69) is 33.9 Å². The average Bonchev–Trinajstić information content (AvgIpc) is 3.15. The molecule has 1 aromatic rings. The molecule has 3 atom stereocenters. The number of fused-ring (bicyclic) bond motifs is 1. The number of hydrogen-bond donors (Lipinski definition) is 0. The van der Waals surface area contributed by atoms with Crippen LogP contribution in [0.3, 0.4) is 0 Å². The van der Waals surface area contributed by atoms with E-state index in [1.807, 2.05) is 30.3 Å². The lowest BCUT2D eigenvalue weighted by Crippen LogP contribution is -2.72. The fourth-order valence-corrected chi connectivity index (χ4v) is 8.68. The predicted molar refractivity (Wildman–Crippen MR) is 156 cm³/mol. The van der Waals surface area contributed by atoms with Gasteiger partial charge in [0.05, 0.1) is 25.5 Å². The van der Waals surface area contributed by atoms with Crippen molar-refractivity contribution in [3.05, 3.63) is 35.9 Å². The number of sulfonamides is 1. The predicted octanol–water partition coefficient (Wildman–Crippen LogP) is 4.84. The molecular weight excluding hydrogens is 550 g/mol. The first-order chi connectivity index (χ1) is 18.6. The summed E-state index contributed by atoms with van der Waals surface area (Å²) in [7, 11) is -6.25. The van der Waals surface area contributed by atoms with Crippen LogP contribution < -0.4 is 0 Å². The average molecular weight is 598 g/mol. The van der Waals surface area contributed by atoms with E-state index < -0.39 is 53.4 Å². The largest absolute Gasteiger partial charge is 0.464 e. The number of hydrogen-bond acceptors (Lipinski definition) is 8. The van der Waals surface area contributed by atoms with Crippen LogP contribution in [0, 0.1) is 5.92 Å². The van der Waals surface area contributed by atoms with E-state index >= 15 is 0 Å². The van der Waals surface area contributed by atoms with E-state index in [9.17, 15) is 18.0 Å². The van der Waals surface area contributed by atoms with E-state index in [1.165, 1.54) is 0 Å². The molecule has 0 aliphatic carbocycles. The van der Waals surface area contributed by atoms with Crippen LogP contribution in [0.2, 0.25) is 18.1 Å². The van der Waals surface area contributed by atoms with Gasteiger partial charge >= 0.3 is 11.9 Å². The number of ether oxygens (including phenoxy) is 3. The van der Waals surface area contributed by atoms with E-state index in [0.29, 0.717) is 31.4 Å². The van der Waals surface area contributed by atoms with Crippen LogP contribution in [0.4, 0.5) is 0 Å². The maximum absolute atomic E-state index is 14.2. The molecule has 0 spiro atoms. The van der Waals surface area contributed by atoms with E-state index in [-0.39, 0.29) is 31.3 Å². The minimum absolute atomic E-state index is 0.00757. The van der Waals surface area contributed by atoms with Crippen molar-refractivity contribution in [3.8, 4) is 0 Å². The number of carbonyl (C=O) groups excluding carboxylic acids is 2. The third-order valence-electron chi connectivity index (χ3n) is 8.80. The van der Waals surface area contributed by atoms with Gasteiger partial charge in [-0.2, -0.15) is 4.31 Å². The van der Waals surface area contributed by atoms with Crippen molar-refractivity contribution in [1.29, 1.82) is 0 Å². The molecule has 0 N–H and O–H groups in total. The normalized spacial score (nSPS) is 25.3. The van der Waals surface area contributed by atoms with Crippen LogP contribution >= 0.6 is 0 Å². The van der Waals surface area contributed by atoms with Gasteiger partial charge in [0, 0.05) is 19.1 Å². The zero-order chi connectivity index (χ0) is 30.0. The highest BCUT2D eigenvalue weighted by Crippen LogP contribution is 2.61. The Morgan fingerprint density at radius 2 is 1.65 bits per heavy atom. The molecule has 2 aliphatic heterocycles. The number of carbonyl (C=O) groups is 2. The van der Waals surface area contributed by atoms with Gasteiger partial charge in [-0.25, -0.2) is 18.0 Å². The van der Waals surface area contributed by atoms with Gasteiger partial charge in [0.15, 0.2) is 8.32 Å². The Kier molecular flexibility index (Phi) is 9.99. The van der Waals surface area contributed by atoms with Crippen molar-refractivity contribution in [1.82, 2.24) is 4.31 Å². The van der Waals surface area contributed by atoms with Crippen molar-refractivity contribution < 1.29 is 36.6 Å². The summed E-state index contributed by atoms with van der Waals surface area (Å²) in [4.78, 5) is 28.3. The highest BCUT2D eigenvalue weighted by atomic mass is 32.2. The smallest absolute Gasteiger partial charge is 0.342 e. The molecular formula is C29H47NO8SSi. The Labute approximate surface area is 241 Å². The summed E-state index contributed by atoms with van der Waals surface area (Å²) >= 11 is 0. The second-order valence-electron chi connectivity index (χ2n) is 12.3. The summed E-state index contributed by atoms with van der Waals surface area (Å²) in [6.45, 7) is 14.7. The van der Waals surface area contributed by atoms with E-state index in [1.54, 1.807) is 13.8 Å². The Hall–Kier alpha value is -1.79. The van der Waals surface area contributed by atoms with Gasteiger partial charge in [-0.15, -0.1) is 0 Å². The molecule has 3 rings (SSSR count). The Balaban J connectivity index is 2.26. The summed E-state index contributed by atoms with van der Waals surface area (Å²) in [6, 6.07) is 8.32. The van der Waals surface area contributed by atoms with Crippen molar-refractivity contribution in [2.45, 2.75) is 95.6 Å². The Bertz CT molecular complexity index is 1130. The number of benzene rings is 1. The van der Waals surface area contributed by atoms with E-state index in [0.717, 1.165) is 10.6 Å². The minimum atomic E-state index is -4.18. The molecule has 40 heavy (non-hydrogen) atoms. The quantitative estimate of drug-likeness (QED) is 0.154. The van der Waals surface area contributed by atoms with Gasteiger partial charge in [0.25, 0.3) is 5.54 Å². The van der Waals surface area contributed by atoms with Crippen molar-refractivity contribution >= 4 is 30.3 Å². The van der Waals surface area contributed by atoms with Crippen LogP contribution in [0.1, 0.15) is 71.9 Å². The first kappa shape index (κ1) is 32.7. The lowest BCUT2D eigenvalue weighted by atomic mass is 9.67. The summed E-state index contributed by atoms with van der Waals surface area (Å²) in [5, 5.41) is 0.00757. The monoisotopic (exact) mass is 597 g/mol. The summed E-state index contributed by atoms with van der Waals surface area (Å²) < 4.78 is 52.6. The third kappa shape index (κ3) is 5.64. The second-order valence-corrected chi connectivity index (χ2v) is 18.9. The lowest BCUT2D eigenvalue weighted by molar-refractivity contribution is -0.201. The summed E-state index contributed by atoms with van der Waals surface area (Å²) in [5.41, 5.74) is -3.18. The highest BCUT2D eigenvalue weighted by Gasteiger charge is 2.80. The first-order valence-corrected chi connectivity index (χ1v) is 19.0. The fraction of sp³-hybridized carbons (Fsp3) is 0.724. The molecule has 9 nitrogen and oxygen atoms in total. The molecule has 0 radical (unpaired) electrons. The standard InChI is InChI=1S/C29H47NO8SSi/c1-9-35-25(31)29(26(32)36-10-2)28(19-15-21-38-40(7,8)27(3,4)5)23(18-14-20-37-28)24(30(29)39(6,33)34)22-16-12-11-13-17-22/h11-13,16-17,23-24H,9-10,14-15,18-21H2,1-8H3/t23-,24+,28-/m1/s1. The van der Waals surface area contributed by atoms with Crippen molar-refractivity contribution in [3.63, 3.8) is 0 Å². The molecule has 2 fully saturated rings. The molecule has 226 valence electrons. The lowest BCUT2D eigenvalue weighted by Gasteiger charge is -2.48. The molecule has 2 aliphatic rings. The maximum Gasteiger partial charge on any atom is 0.342 e. The topological polar surface area (TPSA) is 108 Å². The van der Waals surface area contributed by atoms with Crippen molar-refractivity contribution in [2.24, 2.45) is 5.92 Å². The minimum Gasteiger partial charge on any atom is -0.464 e. The Morgan fingerprint density at radius 1 is 1.07 bits per heavy atom. The van der Waals surface area contributed by atoms with Gasteiger partial charge in [0.1, 0.15) is 5.60 Å². The van der Waals surface area contributed by atoms with Crippen LogP contribution in [0.25, 0.3) is 0 Å². The fourth-order valence-electron chi connectivity index (χ4n) is 6.11. The third-order valence-corrected chi connectivity index (χ3v) is 14.6. The van der Waals surface area contributed by atoms with E-state index in [4.69, 9.17) is 18.6 Å². The SMILES string of the molecule is CCOC(=O)C1(C(=O)OCC)N(S(C)(=O)=O)[C@@H](c2ccccc2)[C@H]2CCCO[C@]21CCCO[Si](C)(C)C(C)(C)C. The van der Waals surface area contributed by atoms with Crippen LogP contribution in [0.15, 0.2) is 30.3 Å². The number of nitrogens with zero attached hydrogens (tertiary/aromatic N) is 1. The zero-order valence-corrected chi connectivity index (χ0v) is 27.1.